The summed E-state index contributed by atoms with van der Waals surface area (Å²) in [6.45, 7) is 3.09. The molecule has 134 valence electrons. The maximum absolute atomic E-state index is 12.6. The number of methoxy groups -OCH3 is 1. The molecule has 0 atom stereocenters. The van der Waals surface area contributed by atoms with E-state index in [4.69, 9.17) is 16.3 Å². The van der Waals surface area contributed by atoms with E-state index >= 15 is 0 Å². The van der Waals surface area contributed by atoms with Crippen molar-refractivity contribution in [1.82, 2.24) is 14.3 Å². The number of halogens is 1. The first kappa shape index (κ1) is 18.0. The van der Waals surface area contributed by atoms with Crippen LogP contribution >= 0.6 is 11.6 Å². The molecule has 2 heterocycles. The van der Waals surface area contributed by atoms with Crippen LogP contribution in [0.15, 0.2) is 54.7 Å². The zero-order chi connectivity index (χ0) is 18.5. The summed E-state index contributed by atoms with van der Waals surface area (Å²) in [5.74, 6) is 0.718. The Bertz CT molecular complexity index is 932. The summed E-state index contributed by atoms with van der Waals surface area (Å²) in [6, 6.07) is 13.4. The number of rotatable bonds is 6. The van der Waals surface area contributed by atoms with Crippen LogP contribution in [0.2, 0.25) is 5.15 Å². The number of hydrogen-bond acceptors (Lipinski definition) is 3. The first-order valence-corrected chi connectivity index (χ1v) is 8.72. The van der Waals surface area contributed by atoms with Crippen molar-refractivity contribution in [3.63, 3.8) is 0 Å². The third kappa shape index (κ3) is 3.89. The van der Waals surface area contributed by atoms with Crippen molar-refractivity contribution in [1.29, 1.82) is 0 Å². The van der Waals surface area contributed by atoms with Crippen LogP contribution in [0.25, 0.3) is 11.7 Å². The minimum atomic E-state index is -0.0785. The molecule has 0 aliphatic rings. The average molecular weight is 370 g/mol. The third-order valence-corrected chi connectivity index (χ3v) is 4.41. The van der Waals surface area contributed by atoms with Gasteiger partial charge >= 0.3 is 0 Å². The Morgan fingerprint density at radius 1 is 1.27 bits per heavy atom. The summed E-state index contributed by atoms with van der Waals surface area (Å²) in [4.78, 5) is 18.6. The molecule has 26 heavy (non-hydrogen) atoms. The molecule has 0 radical (unpaired) electrons. The number of hydrogen-bond donors (Lipinski definition) is 0. The van der Waals surface area contributed by atoms with Gasteiger partial charge in [-0.15, -0.1) is 0 Å². The fraction of sp³-hybridized carbons (Fsp3) is 0.200. The Kier molecular flexibility index (Phi) is 5.58. The number of imidazole rings is 1. The monoisotopic (exact) mass is 369 g/mol. The number of aromatic nitrogens is 2. The summed E-state index contributed by atoms with van der Waals surface area (Å²) in [6.07, 6.45) is 5.12. The Balaban J connectivity index is 1.75. The van der Waals surface area contributed by atoms with Gasteiger partial charge in [-0.2, -0.15) is 0 Å². The van der Waals surface area contributed by atoms with Crippen LogP contribution in [0.3, 0.4) is 0 Å². The molecule has 1 amide bonds. The number of pyridine rings is 1. The van der Waals surface area contributed by atoms with Crippen LogP contribution in [0, 0.1) is 0 Å². The summed E-state index contributed by atoms with van der Waals surface area (Å²) >= 11 is 6.20. The first-order chi connectivity index (χ1) is 12.6. The average Bonchev–Trinajstić information content (AvgIpc) is 2.99. The smallest absolute Gasteiger partial charge is 0.246 e. The lowest BCUT2D eigenvalue weighted by Crippen LogP contribution is -2.28. The van der Waals surface area contributed by atoms with Crippen LogP contribution < -0.4 is 4.74 Å². The molecule has 0 saturated carbocycles. The van der Waals surface area contributed by atoms with E-state index < -0.39 is 0 Å². The standard InChI is InChI=1S/C20H20ClN3O2/c1-3-23(14-15-7-9-16(26-2)10-8-15)19(25)12-11-17-20(21)22-18-6-4-5-13-24(17)18/h4-13H,3,14H2,1-2H3/b12-11+. The van der Waals surface area contributed by atoms with Gasteiger partial charge in [0.1, 0.15) is 11.4 Å². The highest BCUT2D eigenvalue weighted by Gasteiger charge is 2.11. The molecule has 2 aromatic heterocycles. The van der Waals surface area contributed by atoms with Crippen molar-refractivity contribution in [2.45, 2.75) is 13.5 Å². The molecule has 3 rings (SSSR count). The molecule has 0 fully saturated rings. The third-order valence-electron chi connectivity index (χ3n) is 4.13. The van der Waals surface area contributed by atoms with Gasteiger partial charge < -0.3 is 9.64 Å². The second-order valence-electron chi connectivity index (χ2n) is 5.75. The zero-order valence-electron chi connectivity index (χ0n) is 14.7. The second kappa shape index (κ2) is 8.06. The summed E-state index contributed by atoms with van der Waals surface area (Å²) < 4.78 is 7.01. The fourth-order valence-electron chi connectivity index (χ4n) is 2.69. The minimum absolute atomic E-state index is 0.0785. The summed E-state index contributed by atoms with van der Waals surface area (Å²) in [5.41, 5.74) is 2.48. The lowest BCUT2D eigenvalue weighted by atomic mass is 10.2. The highest BCUT2D eigenvalue weighted by atomic mass is 35.5. The van der Waals surface area contributed by atoms with E-state index in [1.54, 1.807) is 18.1 Å². The lowest BCUT2D eigenvalue weighted by molar-refractivity contribution is -0.126. The first-order valence-electron chi connectivity index (χ1n) is 8.35. The normalized spacial score (nSPS) is 11.2. The van der Waals surface area contributed by atoms with E-state index in [2.05, 4.69) is 4.98 Å². The Labute approximate surface area is 157 Å². The molecule has 0 unspecified atom stereocenters. The van der Waals surface area contributed by atoms with Gasteiger partial charge in [-0.3, -0.25) is 9.20 Å². The molecule has 5 nitrogen and oxygen atoms in total. The van der Waals surface area contributed by atoms with E-state index in [1.807, 2.05) is 60.0 Å². The summed E-state index contributed by atoms with van der Waals surface area (Å²) in [5, 5.41) is 0.374. The SMILES string of the molecule is CCN(Cc1ccc(OC)cc1)C(=O)/C=C/c1c(Cl)nc2ccccn12. The number of carbonyl (C=O) groups excluding carboxylic acids is 1. The van der Waals surface area contributed by atoms with Gasteiger partial charge in [-0.05, 0) is 42.8 Å². The van der Waals surface area contributed by atoms with Crippen LogP contribution in [0.1, 0.15) is 18.2 Å². The van der Waals surface area contributed by atoms with E-state index in [1.165, 1.54) is 6.08 Å². The molecule has 6 heteroatoms. The van der Waals surface area contributed by atoms with E-state index in [9.17, 15) is 4.79 Å². The predicted molar refractivity (Wildman–Crippen MR) is 103 cm³/mol. The second-order valence-corrected chi connectivity index (χ2v) is 6.11. The van der Waals surface area contributed by atoms with Crippen molar-refractivity contribution in [3.05, 3.63) is 71.1 Å². The zero-order valence-corrected chi connectivity index (χ0v) is 15.5. The van der Waals surface area contributed by atoms with Gasteiger partial charge in [-0.1, -0.05) is 29.8 Å². The molecular formula is C20H20ClN3O2. The van der Waals surface area contributed by atoms with Crippen molar-refractivity contribution >= 4 is 29.2 Å². The number of benzene rings is 1. The maximum Gasteiger partial charge on any atom is 0.246 e. The number of likely N-dealkylation sites (N-methyl/N-ethyl adjacent to an activating group) is 1. The minimum Gasteiger partial charge on any atom is -0.497 e. The molecule has 0 saturated heterocycles. The molecule has 0 bridgehead atoms. The van der Waals surface area contributed by atoms with Crippen LogP contribution in [-0.2, 0) is 11.3 Å². The highest BCUT2D eigenvalue weighted by Crippen LogP contribution is 2.19. The predicted octanol–water partition coefficient (Wildman–Crippen LogP) is 4.06. The van der Waals surface area contributed by atoms with E-state index in [0.717, 1.165) is 17.0 Å². The van der Waals surface area contributed by atoms with Crippen molar-refractivity contribution < 1.29 is 9.53 Å². The Hall–Kier alpha value is -2.79. The quantitative estimate of drug-likeness (QED) is 0.615. The molecular weight excluding hydrogens is 350 g/mol. The van der Waals surface area contributed by atoms with Gasteiger partial charge in [0, 0.05) is 25.4 Å². The largest absolute Gasteiger partial charge is 0.497 e. The molecule has 3 aromatic rings. The number of ether oxygens (including phenoxy) is 1. The van der Waals surface area contributed by atoms with Crippen molar-refractivity contribution in [3.8, 4) is 5.75 Å². The lowest BCUT2D eigenvalue weighted by Gasteiger charge is -2.19. The van der Waals surface area contributed by atoms with Gasteiger partial charge in [-0.25, -0.2) is 4.98 Å². The molecule has 0 N–H and O–H groups in total. The summed E-state index contributed by atoms with van der Waals surface area (Å²) in [7, 11) is 1.63. The number of nitrogens with zero attached hydrogens (tertiary/aromatic N) is 3. The van der Waals surface area contributed by atoms with E-state index in [-0.39, 0.29) is 5.91 Å². The number of amides is 1. The molecule has 0 spiro atoms. The number of carbonyl (C=O) groups is 1. The molecule has 0 aliphatic heterocycles. The maximum atomic E-state index is 12.6. The van der Waals surface area contributed by atoms with Gasteiger partial charge in [0.25, 0.3) is 0 Å². The van der Waals surface area contributed by atoms with Crippen LogP contribution in [-0.4, -0.2) is 33.8 Å². The highest BCUT2D eigenvalue weighted by molar-refractivity contribution is 6.31. The van der Waals surface area contributed by atoms with Crippen LogP contribution in [0.5, 0.6) is 5.75 Å². The number of fused-ring (bicyclic) bond motifs is 1. The topological polar surface area (TPSA) is 46.8 Å². The fourth-order valence-corrected chi connectivity index (χ4v) is 2.93. The van der Waals surface area contributed by atoms with E-state index in [0.29, 0.717) is 23.9 Å². The Morgan fingerprint density at radius 3 is 2.73 bits per heavy atom. The Morgan fingerprint density at radius 2 is 2.04 bits per heavy atom. The van der Waals surface area contributed by atoms with Crippen molar-refractivity contribution in [2.24, 2.45) is 0 Å². The van der Waals surface area contributed by atoms with Crippen molar-refractivity contribution in [2.75, 3.05) is 13.7 Å². The van der Waals surface area contributed by atoms with Gasteiger partial charge in [0.05, 0.1) is 12.8 Å². The molecule has 1 aromatic carbocycles. The van der Waals surface area contributed by atoms with Crippen LogP contribution in [0.4, 0.5) is 0 Å². The van der Waals surface area contributed by atoms with Gasteiger partial charge in [0.2, 0.25) is 5.91 Å². The van der Waals surface area contributed by atoms with Gasteiger partial charge in [0.15, 0.2) is 5.15 Å². The molecule has 0 aliphatic carbocycles.